The molecule has 1 aliphatic rings. The molecule has 0 fully saturated rings. The monoisotopic (exact) mass is 446 g/mol. The summed E-state index contributed by atoms with van der Waals surface area (Å²) in [6, 6.07) is 0.445. The molecule has 2 rings (SSSR count). The molecule has 1 aromatic heterocycles. The van der Waals surface area contributed by atoms with Crippen molar-refractivity contribution in [1.82, 2.24) is 14.7 Å². The number of ether oxygens (including phenoxy) is 1. The average Bonchev–Trinajstić information content (AvgIpc) is 2.58. The molecular formula is C15H18N4O6S3. The van der Waals surface area contributed by atoms with Crippen molar-refractivity contribution in [2.75, 3.05) is 25.3 Å². The summed E-state index contributed by atoms with van der Waals surface area (Å²) in [4.78, 5) is 20.2. The molecule has 1 heterocycles. The molecule has 1 N–H and O–H groups in total. The summed E-state index contributed by atoms with van der Waals surface area (Å²) in [6.07, 6.45) is 3.48. The second-order valence-corrected chi connectivity index (χ2v) is 9.91. The number of carbonyl (C=O) groups excluding carboxylic acids is 1. The molecular weight excluding hydrogens is 428 g/mol. The van der Waals surface area contributed by atoms with Crippen LogP contribution in [0.25, 0.3) is 0 Å². The summed E-state index contributed by atoms with van der Waals surface area (Å²) in [7, 11) is -5.82. The first-order chi connectivity index (χ1) is 12.9. The molecule has 0 unspecified atom stereocenters. The van der Waals surface area contributed by atoms with Gasteiger partial charge in [0.1, 0.15) is 9.81 Å². The third kappa shape index (κ3) is 4.72. The molecule has 1 aromatic rings. The Morgan fingerprint density at radius 2 is 1.93 bits per heavy atom. The molecule has 0 aromatic carbocycles. The van der Waals surface area contributed by atoms with Crippen LogP contribution in [0.5, 0.6) is 5.88 Å². The lowest BCUT2D eigenvalue weighted by atomic mass is 10.2. The third-order valence-corrected chi connectivity index (χ3v) is 6.76. The number of aromatic nitrogens is 2. The first-order valence-corrected chi connectivity index (χ1v) is 11.5. The molecule has 28 heavy (non-hydrogen) atoms. The van der Waals surface area contributed by atoms with Gasteiger partial charge in [-0.1, -0.05) is 18.3 Å². The number of rotatable bonds is 5. The van der Waals surface area contributed by atoms with Crippen molar-refractivity contribution in [2.24, 2.45) is 0 Å². The van der Waals surface area contributed by atoms with E-state index in [1.165, 1.54) is 26.3 Å². The summed E-state index contributed by atoms with van der Waals surface area (Å²) in [5.74, 6) is 0.0872. The van der Waals surface area contributed by atoms with Crippen molar-refractivity contribution >= 4 is 48.9 Å². The lowest BCUT2D eigenvalue weighted by Gasteiger charge is -2.19. The zero-order valence-corrected chi connectivity index (χ0v) is 17.9. The van der Waals surface area contributed by atoms with Gasteiger partial charge in [-0.3, -0.25) is 4.90 Å². The summed E-state index contributed by atoms with van der Waals surface area (Å²) < 4.78 is 56.1. The zero-order valence-electron chi connectivity index (χ0n) is 15.5. The summed E-state index contributed by atoms with van der Waals surface area (Å²) >= 11 is 5.00. The number of nitrogens with zero attached hydrogens (tertiary/aromatic N) is 3. The third-order valence-electron chi connectivity index (χ3n) is 3.56. The summed E-state index contributed by atoms with van der Waals surface area (Å²) in [5.41, 5.74) is 0.493. The van der Waals surface area contributed by atoms with Gasteiger partial charge in [-0.05, 0) is 13.0 Å². The highest BCUT2D eigenvalue weighted by Gasteiger charge is 2.32. The number of allylic oxidation sites excluding steroid dienone is 3. The first-order valence-electron chi connectivity index (χ1n) is 7.71. The van der Waals surface area contributed by atoms with E-state index in [2.05, 4.69) is 9.97 Å². The Bertz CT molecular complexity index is 1110. The largest absolute Gasteiger partial charge is 0.481 e. The highest BCUT2D eigenvalue weighted by Crippen LogP contribution is 2.25. The van der Waals surface area contributed by atoms with Crippen LogP contribution in [0.1, 0.15) is 12.1 Å². The van der Waals surface area contributed by atoms with Gasteiger partial charge in [0.25, 0.3) is 10.0 Å². The first kappa shape index (κ1) is 21.9. The second kappa shape index (κ2) is 7.93. The van der Waals surface area contributed by atoms with Crippen molar-refractivity contribution in [2.45, 2.75) is 13.3 Å². The fraction of sp³-hybridized carbons (Fsp3) is 0.333. The van der Waals surface area contributed by atoms with Crippen LogP contribution < -0.4 is 14.4 Å². The highest BCUT2D eigenvalue weighted by atomic mass is 32.2. The molecule has 0 bridgehead atoms. The van der Waals surface area contributed by atoms with E-state index >= 15 is 0 Å². The molecule has 152 valence electrons. The number of aryl methyl sites for hydroxylation is 1. The van der Waals surface area contributed by atoms with Crippen LogP contribution in [0.4, 0.5) is 10.7 Å². The average molecular weight is 447 g/mol. The molecule has 0 saturated carbocycles. The number of hydrogen-bond donors (Lipinski definition) is 1. The van der Waals surface area contributed by atoms with E-state index in [1.54, 1.807) is 6.92 Å². The number of hydrogen-bond acceptors (Lipinski definition) is 9. The SMILES string of the molecule is COc1cc(C)nc(N(C)C(=O)NS(=O)(=O)C2=C(S(C)(=O)=O)C(=S)CC=C2)n1. The van der Waals surface area contributed by atoms with Crippen LogP contribution in [-0.2, 0) is 19.9 Å². The van der Waals surface area contributed by atoms with E-state index in [4.69, 9.17) is 17.0 Å². The number of sulfone groups is 1. The zero-order chi connectivity index (χ0) is 21.3. The molecule has 2 amide bonds. The maximum atomic E-state index is 12.7. The molecule has 13 heteroatoms. The highest BCUT2D eigenvalue weighted by molar-refractivity contribution is 8.00. The lowest BCUT2D eigenvalue weighted by molar-refractivity contribution is 0.252. The van der Waals surface area contributed by atoms with E-state index in [0.29, 0.717) is 5.69 Å². The Morgan fingerprint density at radius 3 is 2.50 bits per heavy atom. The lowest BCUT2D eigenvalue weighted by Crippen LogP contribution is -2.42. The molecule has 10 nitrogen and oxygen atoms in total. The Labute approximate surface area is 168 Å². The van der Waals surface area contributed by atoms with Crippen molar-refractivity contribution in [3.05, 3.63) is 33.7 Å². The van der Waals surface area contributed by atoms with Crippen molar-refractivity contribution in [3.8, 4) is 5.88 Å². The topological polar surface area (TPSA) is 136 Å². The number of carbonyl (C=O) groups is 1. The van der Waals surface area contributed by atoms with E-state index in [1.807, 2.05) is 4.72 Å². The van der Waals surface area contributed by atoms with Gasteiger partial charge in [0.05, 0.1) is 7.11 Å². The number of amides is 2. The standard InChI is InChI=1S/C15H18N4O6S3/c1-9-8-12(25-3)17-14(16-9)19(2)15(20)18-28(23,24)11-7-5-6-10(26)13(11)27(4,21)22/h5,7-8H,6H2,1-4H3,(H,18,20). The fourth-order valence-electron chi connectivity index (χ4n) is 2.29. The molecule has 1 aliphatic carbocycles. The Kier molecular flexibility index (Phi) is 6.21. The van der Waals surface area contributed by atoms with Crippen LogP contribution in [0.15, 0.2) is 28.0 Å². The second-order valence-electron chi connectivity index (χ2n) is 5.82. The van der Waals surface area contributed by atoms with E-state index < -0.39 is 35.7 Å². The molecule has 0 aliphatic heterocycles. The van der Waals surface area contributed by atoms with Crippen LogP contribution in [0, 0.1) is 6.92 Å². The molecule has 0 atom stereocenters. The summed E-state index contributed by atoms with van der Waals surface area (Å²) in [6.45, 7) is 1.65. The van der Waals surface area contributed by atoms with Gasteiger partial charge in [-0.15, -0.1) is 0 Å². The predicted octanol–water partition coefficient (Wildman–Crippen LogP) is 0.855. The minimum atomic E-state index is -4.53. The number of methoxy groups -OCH3 is 1. The maximum absolute atomic E-state index is 12.7. The number of sulfonamides is 1. The maximum Gasteiger partial charge on any atom is 0.337 e. The van der Waals surface area contributed by atoms with E-state index in [-0.39, 0.29) is 23.1 Å². The quantitative estimate of drug-likeness (QED) is 0.653. The van der Waals surface area contributed by atoms with Gasteiger partial charge in [0.2, 0.25) is 11.8 Å². The number of thiocarbonyl (C=S) groups is 1. The molecule has 0 spiro atoms. The van der Waals surface area contributed by atoms with Crippen molar-refractivity contribution < 1.29 is 26.4 Å². The minimum Gasteiger partial charge on any atom is -0.481 e. The molecule has 0 radical (unpaired) electrons. The van der Waals surface area contributed by atoms with E-state index in [0.717, 1.165) is 17.2 Å². The van der Waals surface area contributed by atoms with E-state index in [9.17, 15) is 21.6 Å². The van der Waals surface area contributed by atoms with Gasteiger partial charge >= 0.3 is 6.03 Å². The van der Waals surface area contributed by atoms with Gasteiger partial charge in [-0.2, -0.15) is 4.98 Å². The molecule has 0 saturated heterocycles. The fourth-order valence-corrected chi connectivity index (χ4v) is 5.85. The van der Waals surface area contributed by atoms with Crippen molar-refractivity contribution in [3.63, 3.8) is 0 Å². The van der Waals surface area contributed by atoms with Gasteiger partial charge in [0.15, 0.2) is 9.84 Å². The van der Waals surface area contributed by atoms with Crippen LogP contribution in [0.2, 0.25) is 0 Å². The Morgan fingerprint density at radius 1 is 1.29 bits per heavy atom. The van der Waals surface area contributed by atoms with Crippen LogP contribution >= 0.6 is 12.2 Å². The Hall–Kier alpha value is -2.38. The minimum absolute atomic E-state index is 0.0436. The van der Waals surface area contributed by atoms with Gasteiger partial charge in [0, 0.05) is 36.3 Å². The smallest absolute Gasteiger partial charge is 0.337 e. The van der Waals surface area contributed by atoms with Gasteiger partial charge < -0.3 is 4.74 Å². The normalized spacial score (nSPS) is 14.8. The van der Waals surface area contributed by atoms with Crippen molar-refractivity contribution in [1.29, 1.82) is 0 Å². The van der Waals surface area contributed by atoms with Crippen LogP contribution in [0.3, 0.4) is 0 Å². The summed E-state index contributed by atoms with van der Waals surface area (Å²) in [5, 5.41) is 0. The van der Waals surface area contributed by atoms with Crippen LogP contribution in [-0.4, -0.2) is 58.1 Å². The Balaban J connectivity index is 2.41. The number of anilines is 1. The van der Waals surface area contributed by atoms with Gasteiger partial charge in [-0.25, -0.2) is 31.3 Å². The number of urea groups is 1. The number of nitrogens with one attached hydrogen (secondary N) is 1. The predicted molar refractivity (Wildman–Crippen MR) is 107 cm³/mol.